The largest absolute Gasteiger partial charge is 0.454 e. The van der Waals surface area contributed by atoms with Crippen LogP contribution in [0.4, 0.5) is 10.8 Å². The number of benzene rings is 1. The van der Waals surface area contributed by atoms with Gasteiger partial charge in [0.25, 0.3) is 0 Å². The minimum Gasteiger partial charge on any atom is -0.454 e. The SMILES string of the molecule is O=C(Nc1nccs1)[C@H]1[C@@H]2C=C[C@@]3(CN(c4ccc5c(c4)OCO5)C(=O)[C@@H]13)O2. The second kappa shape index (κ2) is 5.55. The molecule has 0 saturated carbocycles. The Bertz CT molecular complexity index is 1020. The van der Waals surface area contributed by atoms with E-state index in [2.05, 4.69) is 10.3 Å². The summed E-state index contributed by atoms with van der Waals surface area (Å²) >= 11 is 1.34. The van der Waals surface area contributed by atoms with E-state index in [1.165, 1.54) is 11.3 Å². The van der Waals surface area contributed by atoms with Crippen LogP contribution in [0.2, 0.25) is 0 Å². The summed E-state index contributed by atoms with van der Waals surface area (Å²) in [7, 11) is 0. The van der Waals surface area contributed by atoms with Crippen LogP contribution in [0.25, 0.3) is 0 Å². The van der Waals surface area contributed by atoms with Gasteiger partial charge in [-0.2, -0.15) is 0 Å². The number of hydrogen-bond acceptors (Lipinski definition) is 7. The Morgan fingerprint density at radius 1 is 1.32 bits per heavy atom. The van der Waals surface area contributed by atoms with Gasteiger partial charge in [0.15, 0.2) is 16.6 Å². The van der Waals surface area contributed by atoms with Crippen LogP contribution in [0.5, 0.6) is 11.5 Å². The van der Waals surface area contributed by atoms with Crippen molar-refractivity contribution in [3.8, 4) is 11.5 Å². The molecule has 6 rings (SSSR count). The number of rotatable bonds is 3. The molecule has 2 amide bonds. The maximum atomic E-state index is 13.3. The van der Waals surface area contributed by atoms with Gasteiger partial charge >= 0.3 is 0 Å². The van der Waals surface area contributed by atoms with E-state index in [-0.39, 0.29) is 18.6 Å². The van der Waals surface area contributed by atoms with Gasteiger partial charge in [-0.3, -0.25) is 9.59 Å². The van der Waals surface area contributed by atoms with E-state index < -0.39 is 23.5 Å². The summed E-state index contributed by atoms with van der Waals surface area (Å²) in [6.07, 6.45) is 5.05. The maximum absolute atomic E-state index is 13.3. The summed E-state index contributed by atoms with van der Waals surface area (Å²) in [5, 5.41) is 5.12. The molecule has 2 saturated heterocycles. The number of anilines is 2. The van der Waals surface area contributed by atoms with Gasteiger partial charge in [0.2, 0.25) is 18.6 Å². The lowest BCUT2D eigenvalue weighted by molar-refractivity contribution is -0.128. The highest BCUT2D eigenvalue weighted by atomic mass is 32.1. The normalized spacial score (nSPS) is 31.5. The number of amides is 2. The zero-order valence-electron chi connectivity index (χ0n) is 14.5. The summed E-state index contributed by atoms with van der Waals surface area (Å²) in [4.78, 5) is 32.0. The first kappa shape index (κ1) is 16.1. The molecule has 1 aromatic carbocycles. The molecule has 2 aromatic rings. The van der Waals surface area contributed by atoms with Gasteiger partial charge in [0, 0.05) is 23.3 Å². The van der Waals surface area contributed by atoms with E-state index in [0.717, 1.165) is 0 Å². The van der Waals surface area contributed by atoms with E-state index in [4.69, 9.17) is 14.2 Å². The number of thiazole rings is 1. The van der Waals surface area contributed by atoms with Gasteiger partial charge in [0.05, 0.1) is 24.5 Å². The average molecular weight is 397 g/mol. The number of hydrogen-bond donors (Lipinski definition) is 1. The fraction of sp³-hybridized carbons (Fsp3) is 0.316. The zero-order valence-corrected chi connectivity index (χ0v) is 15.3. The van der Waals surface area contributed by atoms with E-state index in [1.807, 2.05) is 18.2 Å². The summed E-state index contributed by atoms with van der Waals surface area (Å²) in [5.41, 5.74) is -0.0687. The smallest absolute Gasteiger partial charge is 0.234 e. The van der Waals surface area contributed by atoms with Crippen LogP contribution in [-0.2, 0) is 14.3 Å². The molecule has 4 aliphatic heterocycles. The Kier molecular flexibility index (Phi) is 3.19. The number of fused-ring (bicyclic) bond motifs is 2. The molecular formula is C19H15N3O5S. The molecule has 2 fully saturated rings. The van der Waals surface area contributed by atoms with Crippen molar-refractivity contribution in [3.05, 3.63) is 41.9 Å². The highest BCUT2D eigenvalue weighted by Crippen LogP contribution is 2.53. The van der Waals surface area contributed by atoms with Gasteiger partial charge < -0.3 is 24.4 Å². The Morgan fingerprint density at radius 3 is 3.07 bits per heavy atom. The average Bonchev–Trinajstić information content (AvgIpc) is 3.49. The second-order valence-corrected chi connectivity index (χ2v) is 8.08. The molecule has 1 spiro atoms. The predicted octanol–water partition coefficient (Wildman–Crippen LogP) is 1.80. The number of nitrogens with zero attached hydrogens (tertiary/aromatic N) is 2. The molecular weight excluding hydrogens is 382 g/mol. The van der Waals surface area contributed by atoms with Crippen molar-refractivity contribution in [2.45, 2.75) is 11.7 Å². The summed E-state index contributed by atoms with van der Waals surface area (Å²) < 4.78 is 16.9. The molecule has 0 radical (unpaired) electrons. The van der Waals surface area contributed by atoms with Crippen molar-refractivity contribution in [3.63, 3.8) is 0 Å². The van der Waals surface area contributed by atoms with Crippen LogP contribution >= 0.6 is 11.3 Å². The number of nitrogens with one attached hydrogen (secondary N) is 1. The fourth-order valence-electron chi connectivity index (χ4n) is 4.54. The van der Waals surface area contributed by atoms with Crippen molar-refractivity contribution >= 4 is 34.0 Å². The molecule has 4 aliphatic rings. The summed E-state index contributed by atoms with van der Waals surface area (Å²) in [5.74, 6) is -0.236. The number of aromatic nitrogens is 1. The molecule has 28 heavy (non-hydrogen) atoms. The zero-order chi connectivity index (χ0) is 18.9. The fourth-order valence-corrected chi connectivity index (χ4v) is 5.08. The minimum absolute atomic E-state index is 0.120. The lowest BCUT2D eigenvalue weighted by Crippen LogP contribution is -2.41. The van der Waals surface area contributed by atoms with Gasteiger partial charge in [-0.15, -0.1) is 11.3 Å². The molecule has 1 N–H and O–H groups in total. The third kappa shape index (κ3) is 2.11. The Labute approximate surface area is 163 Å². The van der Waals surface area contributed by atoms with Gasteiger partial charge in [-0.05, 0) is 12.1 Å². The number of ether oxygens (including phenoxy) is 3. The quantitative estimate of drug-likeness (QED) is 0.795. The third-order valence-corrected chi connectivity index (χ3v) is 6.42. The summed E-state index contributed by atoms with van der Waals surface area (Å²) in [6.45, 7) is 0.538. The van der Waals surface area contributed by atoms with E-state index in [1.54, 1.807) is 28.6 Å². The highest BCUT2D eigenvalue weighted by molar-refractivity contribution is 7.13. The molecule has 1 aromatic heterocycles. The van der Waals surface area contributed by atoms with Crippen LogP contribution in [0.1, 0.15) is 0 Å². The molecule has 2 bridgehead atoms. The number of carbonyl (C=O) groups excluding carboxylic acids is 2. The van der Waals surface area contributed by atoms with Crippen LogP contribution in [-0.4, -0.2) is 41.8 Å². The van der Waals surface area contributed by atoms with Crippen LogP contribution in [0.15, 0.2) is 41.9 Å². The van der Waals surface area contributed by atoms with Crippen molar-refractivity contribution in [2.75, 3.05) is 23.6 Å². The van der Waals surface area contributed by atoms with Crippen LogP contribution < -0.4 is 19.7 Å². The Hall–Kier alpha value is -2.91. The molecule has 5 heterocycles. The van der Waals surface area contributed by atoms with E-state index in [0.29, 0.717) is 28.9 Å². The second-order valence-electron chi connectivity index (χ2n) is 7.19. The molecule has 8 nitrogen and oxygen atoms in total. The molecule has 4 atom stereocenters. The molecule has 0 aliphatic carbocycles. The van der Waals surface area contributed by atoms with Crippen molar-refractivity contribution in [2.24, 2.45) is 11.8 Å². The maximum Gasteiger partial charge on any atom is 0.234 e. The highest BCUT2D eigenvalue weighted by Gasteiger charge is 2.67. The van der Waals surface area contributed by atoms with Gasteiger partial charge in [-0.25, -0.2) is 4.98 Å². The van der Waals surface area contributed by atoms with Gasteiger partial charge in [0.1, 0.15) is 5.60 Å². The monoisotopic (exact) mass is 397 g/mol. The van der Waals surface area contributed by atoms with Gasteiger partial charge in [-0.1, -0.05) is 12.2 Å². The first-order valence-corrected chi connectivity index (χ1v) is 9.81. The minimum atomic E-state index is -0.775. The topological polar surface area (TPSA) is 90.0 Å². The lowest BCUT2D eigenvalue weighted by Gasteiger charge is -2.22. The standard InChI is InChI=1S/C19H15N3O5S/c23-16(21-18-20-5-6-28-18)14-12-3-4-19(27-12)8-22(17(24)15(14)19)10-1-2-11-13(7-10)26-9-25-11/h1-7,12,14-15H,8-9H2,(H,20,21,23)/t12-,14-,15+,19-/m0/s1. The number of carbonyl (C=O) groups is 2. The van der Waals surface area contributed by atoms with Crippen LogP contribution in [0.3, 0.4) is 0 Å². The molecule has 0 unspecified atom stereocenters. The summed E-state index contributed by atoms with van der Waals surface area (Å²) in [6, 6.07) is 5.40. The Morgan fingerprint density at radius 2 is 2.21 bits per heavy atom. The van der Waals surface area contributed by atoms with E-state index in [9.17, 15) is 9.59 Å². The molecule has 9 heteroatoms. The first-order valence-electron chi connectivity index (χ1n) is 8.93. The molecule has 142 valence electrons. The predicted molar refractivity (Wildman–Crippen MR) is 99.4 cm³/mol. The first-order chi connectivity index (χ1) is 13.6. The van der Waals surface area contributed by atoms with Crippen LogP contribution in [0, 0.1) is 11.8 Å². The van der Waals surface area contributed by atoms with Crippen molar-refractivity contribution in [1.82, 2.24) is 4.98 Å². The van der Waals surface area contributed by atoms with E-state index >= 15 is 0 Å². The third-order valence-electron chi connectivity index (χ3n) is 5.73. The Balaban J connectivity index is 1.32. The lowest BCUT2D eigenvalue weighted by atomic mass is 9.77. The van der Waals surface area contributed by atoms with Crippen molar-refractivity contribution < 1.29 is 23.8 Å². The van der Waals surface area contributed by atoms with Crippen molar-refractivity contribution in [1.29, 1.82) is 0 Å².